The second-order valence-corrected chi connectivity index (χ2v) is 8.20. The van der Waals surface area contributed by atoms with E-state index in [1.54, 1.807) is 5.94 Å². The van der Waals surface area contributed by atoms with Gasteiger partial charge in [-0.05, 0) is 41.2 Å². The molecule has 1 amide bonds. The van der Waals surface area contributed by atoms with Crippen molar-refractivity contribution in [2.45, 2.75) is 31.4 Å². The van der Waals surface area contributed by atoms with E-state index in [4.69, 9.17) is 10.6 Å². The summed E-state index contributed by atoms with van der Waals surface area (Å²) in [5.41, 5.74) is 5.20. The van der Waals surface area contributed by atoms with E-state index in [1.807, 2.05) is 78.9 Å². The number of aliphatic hydroxyl groups excluding tert-OH is 1. The second-order valence-electron chi connectivity index (χ2n) is 8.20. The lowest BCUT2D eigenvalue weighted by Crippen LogP contribution is -2.48. The summed E-state index contributed by atoms with van der Waals surface area (Å²) >= 11 is 0. The third-order valence-corrected chi connectivity index (χ3v) is 6.13. The summed E-state index contributed by atoms with van der Waals surface area (Å²) in [4.78, 5) is 30.0. The van der Waals surface area contributed by atoms with Gasteiger partial charge in [-0.25, -0.2) is 14.5 Å². The Morgan fingerprint density at radius 3 is 2.09 bits per heavy atom. The number of nitrogens with two attached hydrogens (primary N) is 1. The Labute approximate surface area is 198 Å². The fourth-order valence-corrected chi connectivity index (χ4v) is 4.51. The van der Waals surface area contributed by atoms with Crippen LogP contribution in [-0.4, -0.2) is 40.8 Å². The molecule has 2 unspecified atom stereocenters. The zero-order chi connectivity index (χ0) is 24.1. The maximum absolute atomic E-state index is 12.6. The molecule has 0 saturated heterocycles. The van der Waals surface area contributed by atoms with E-state index < -0.39 is 18.2 Å². The molecule has 0 bridgehead atoms. The maximum Gasteiger partial charge on any atom is 0.436 e. The Balaban J connectivity index is 1.61. The highest BCUT2D eigenvalue weighted by Gasteiger charge is 2.35. The van der Waals surface area contributed by atoms with Crippen LogP contribution in [0.15, 0.2) is 84.7 Å². The topological polar surface area (TPSA) is 102 Å². The first-order valence-corrected chi connectivity index (χ1v) is 11.0. The Kier molecular flexibility index (Phi) is 7.09. The number of amides is 1. The van der Waals surface area contributed by atoms with Crippen LogP contribution in [0.25, 0.3) is 11.1 Å². The first-order chi connectivity index (χ1) is 16.5. The quantitative estimate of drug-likeness (QED) is 0.303. The fourth-order valence-electron chi connectivity index (χ4n) is 4.51. The predicted octanol–water partition coefficient (Wildman–Crippen LogP) is 3.79. The molecule has 0 saturated carbocycles. The van der Waals surface area contributed by atoms with Gasteiger partial charge in [0.15, 0.2) is 5.94 Å². The summed E-state index contributed by atoms with van der Waals surface area (Å²) < 4.78 is 5.89. The zero-order valence-corrected chi connectivity index (χ0v) is 18.8. The van der Waals surface area contributed by atoms with Crippen LogP contribution >= 0.6 is 0 Å². The number of hydrogen-bond acceptors (Lipinski definition) is 6. The third-order valence-electron chi connectivity index (χ3n) is 6.13. The molecule has 3 N–H and O–H groups in total. The molecule has 0 radical (unpaired) electrons. The number of rotatable bonds is 8. The lowest BCUT2D eigenvalue weighted by molar-refractivity contribution is 0.0183. The highest BCUT2D eigenvalue weighted by molar-refractivity contribution is 5.79. The van der Waals surface area contributed by atoms with E-state index >= 15 is 0 Å². The lowest BCUT2D eigenvalue weighted by Gasteiger charge is -2.32. The number of benzene rings is 3. The molecule has 34 heavy (non-hydrogen) atoms. The highest BCUT2D eigenvalue weighted by Crippen LogP contribution is 2.44. The van der Waals surface area contributed by atoms with Gasteiger partial charge >= 0.3 is 6.09 Å². The molecule has 7 heteroatoms. The molecule has 3 aromatic carbocycles. The van der Waals surface area contributed by atoms with Gasteiger partial charge in [0, 0.05) is 5.92 Å². The van der Waals surface area contributed by atoms with Crippen LogP contribution < -0.4 is 5.90 Å². The number of ether oxygens (including phenoxy) is 1. The van der Waals surface area contributed by atoms with E-state index in [1.165, 1.54) is 6.92 Å². The van der Waals surface area contributed by atoms with Gasteiger partial charge < -0.3 is 14.7 Å². The van der Waals surface area contributed by atoms with Gasteiger partial charge in [-0.3, -0.25) is 0 Å². The monoisotopic (exact) mass is 458 g/mol. The van der Waals surface area contributed by atoms with Crippen LogP contribution in [0.4, 0.5) is 4.79 Å². The van der Waals surface area contributed by atoms with Crippen molar-refractivity contribution in [1.29, 1.82) is 0 Å². The zero-order valence-electron chi connectivity index (χ0n) is 18.8. The molecule has 0 heterocycles. The van der Waals surface area contributed by atoms with Crippen LogP contribution in [-0.2, 0) is 20.8 Å². The van der Waals surface area contributed by atoms with Crippen LogP contribution in [0, 0.1) is 0 Å². The summed E-state index contributed by atoms with van der Waals surface area (Å²) in [5, 5.41) is 10.5. The summed E-state index contributed by atoms with van der Waals surface area (Å²) in [6, 6.07) is 24.4. The van der Waals surface area contributed by atoms with Gasteiger partial charge in [-0.15, -0.1) is 0 Å². The molecular formula is C27H26N2O5. The molecule has 1 aliphatic carbocycles. The molecule has 0 spiro atoms. The van der Waals surface area contributed by atoms with Gasteiger partial charge in [0.2, 0.25) is 0 Å². The number of aliphatic hydroxyl groups is 1. The first-order valence-electron chi connectivity index (χ1n) is 11.0. The molecule has 0 aromatic heterocycles. The smallest absolute Gasteiger partial charge is 0.436 e. The molecule has 0 fully saturated rings. The van der Waals surface area contributed by atoms with Gasteiger partial charge in [-0.2, -0.15) is 5.90 Å². The largest absolute Gasteiger partial charge is 0.470 e. The van der Waals surface area contributed by atoms with E-state index in [9.17, 15) is 14.7 Å². The minimum absolute atomic E-state index is 0.0881. The fraction of sp³-hybridized carbons (Fsp3) is 0.222. The SMILES string of the molecule is CC(O)C(Cc1ccccc1)N(C(=O)ON)C(=C=O)OCC1c2ccccc2-c2ccccc21. The van der Waals surface area contributed by atoms with Crippen molar-refractivity contribution in [3.05, 3.63) is 101 Å². The van der Waals surface area contributed by atoms with Gasteiger partial charge in [0.05, 0.1) is 12.1 Å². The van der Waals surface area contributed by atoms with Crippen LogP contribution in [0.5, 0.6) is 0 Å². The van der Waals surface area contributed by atoms with Crippen molar-refractivity contribution >= 4 is 12.0 Å². The van der Waals surface area contributed by atoms with Crippen LogP contribution in [0.3, 0.4) is 0 Å². The van der Waals surface area contributed by atoms with Crippen LogP contribution in [0.2, 0.25) is 0 Å². The number of hydrogen-bond donors (Lipinski definition) is 2. The number of carbonyl (C=O) groups excluding carboxylic acids is 2. The Hall–Kier alpha value is -3.90. The summed E-state index contributed by atoms with van der Waals surface area (Å²) in [6.45, 7) is 1.61. The molecule has 3 aromatic rings. The first kappa shape index (κ1) is 23.3. The molecule has 2 atom stereocenters. The lowest BCUT2D eigenvalue weighted by atomic mass is 9.98. The minimum atomic E-state index is -1.02. The van der Waals surface area contributed by atoms with Gasteiger partial charge in [0.25, 0.3) is 5.88 Å². The average molecular weight is 459 g/mol. The van der Waals surface area contributed by atoms with E-state index in [2.05, 4.69) is 4.84 Å². The third kappa shape index (κ3) is 4.58. The molecule has 7 nitrogen and oxygen atoms in total. The summed E-state index contributed by atoms with van der Waals surface area (Å²) in [6.07, 6.45) is -1.79. The summed E-state index contributed by atoms with van der Waals surface area (Å²) in [5.74, 6) is 6.35. The van der Waals surface area contributed by atoms with Gasteiger partial charge in [0.1, 0.15) is 6.61 Å². The predicted molar refractivity (Wildman–Crippen MR) is 127 cm³/mol. The van der Waals surface area contributed by atoms with Crippen molar-refractivity contribution in [2.24, 2.45) is 5.90 Å². The number of carbonyl (C=O) groups is 1. The second kappa shape index (κ2) is 10.4. The maximum atomic E-state index is 12.6. The number of nitrogens with zero attached hydrogens (tertiary/aromatic N) is 1. The average Bonchev–Trinajstić information content (AvgIpc) is 3.19. The highest BCUT2D eigenvalue weighted by atomic mass is 16.7. The van der Waals surface area contributed by atoms with Gasteiger partial charge in [-0.1, -0.05) is 78.9 Å². The normalized spacial score (nSPS) is 13.7. The van der Waals surface area contributed by atoms with Crippen molar-refractivity contribution in [1.82, 2.24) is 4.90 Å². The molecule has 0 aliphatic heterocycles. The van der Waals surface area contributed by atoms with Crippen molar-refractivity contribution < 1.29 is 24.3 Å². The molecular weight excluding hydrogens is 432 g/mol. The molecule has 1 aliphatic rings. The van der Waals surface area contributed by atoms with E-state index in [0.717, 1.165) is 32.7 Å². The van der Waals surface area contributed by atoms with Crippen molar-refractivity contribution in [3.63, 3.8) is 0 Å². The minimum Gasteiger partial charge on any atom is -0.470 e. The molecule has 174 valence electrons. The van der Waals surface area contributed by atoms with Crippen molar-refractivity contribution in [2.75, 3.05) is 6.61 Å². The van der Waals surface area contributed by atoms with Crippen LogP contribution in [0.1, 0.15) is 29.5 Å². The molecule has 4 rings (SSSR count). The number of fused-ring (bicyclic) bond motifs is 3. The van der Waals surface area contributed by atoms with E-state index in [-0.39, 0.29) is 24.8 Å². The summed E-state index contributed by atoms with van der Waals surface area (Å²) in [7, 11) is 0. The van der Waals surface area contributed by atoms with Crippen molar-refractivity contribution in [3.8, 4) is 11.1 Å². The Bertz CT molecular complexity index is 1160. The standard InChI is InChI=1S/C27H26N2O5/c1-18(31)25(15-19-9-3-2-4-10-19)29(27(32)34-28)26(16-30)33-17-24-22-13-7-5-11-20(22)21-12-6-8-14-23(21)24/h2-14,18,24-25,31H,15,17,28H2,1H3. The Morgan fingerprint density at radius 2 is 1.56 bits per heavy atom. The van der Waals surface area contributed by atoms with E-state index in [0.29, 0.717) is 0 Å². The Morgan fingerprint density at radius 1 is 1.00 bits per heavy atom.